The van der Waals surface area contributed by atoms with Crippen LogP contribution in [0.1, 0.15) is 23.6 Å². The molecule has 0 radical (unpaired) electrons. The van der Waals surface area contributed by atoms with E-state index in [1.165, 1.54) is 26.0 Å². The zero-order chi connectivity index (χ0) is 10.9. The van der Waals surface area contributed by atoms with Crippen LogP contribution in [0.15, 0.2) is 18.2 Å². The summed E-state index contributed by atoms with van der Waals surface area (Å²) in [5, 5.41) is 7.31. The number of hydrogen-bond acceptors (Lipinski definition) is 1. The molecule has 0 aliphatic carbocycles. The minimum Gasteiger partial charge on any atom is -0.305 e. The normalized spacial score (nSPS) is 11.5. The van der Waals surface area contributed by atoms with Crippen LogP contribution in [-0.4, -0.2) is 5.71 Å². The van der Waals surface area contributed by atoms with E-state index >= 15 is 0 Å². The standard InChI is InChI=1S/C10H10F3N/c1-6-8(7(2)14)4-3-5-9(6)10(11,12)13/h3-5,14H,1-2H3. The highest BCUT2D eigenvalue weighted by Crippen LogP contribution is 2.32. The van der Waals surface area contributed by atoms with Crippen LogP contribution in [-0.2, 0) is 6.18 Å². The van der Waals surface area contributed by atoms with Crippen LogP contribution in [0.4, 0.5) is 13.2 Å². The molecule has 1 nitrogen and oxygen atoms in total. The molecule has 0 atom stereocenters. The van der Waals surface area contributed by atoms with Gasteiger partial charge in [0.05, 0.1) is 5.56 Å². The Morgan fingerprint density at radius 1 is 1.29 bits per heavy atom. The van der Waals surface area contributed by atoms with Crippen LogP contribution >= 0.6 is 0 Å². The molecule has 0 aromatic heterocycles. The van der Waals surface area contributed by atoms with Gasteiger partial charge in [0.2, 0.25) is 0 Å². The lowest BCUT2D eigenvalue weighted by Gasteiger charge is -2.12. The van der Waals surface area contributed by atoms with Crippen molar-refractivity contribution in [2.24, 2.45) is 0 Å². The number of halogens is 3. The van der Waals surface area contributed by atoms with E-state index in [0.29, 0.717) is 5.56 Å². The highest BCUT2D eigenvalue weighted by atomic mass is 19.4. The molecule has 1 rings (SSSR count). The molecule has 1 aromatic rings. The Kier molecular flexibility index (Phi) is 2.64. The van der Waals surface area contributed by atoms with Crippen LogP contribution in [0.3, 0.4) is 0 Å². The Labute approximate surface area is 80.1 Å². The zero-order valence-electron chi connectivity index (χ0n) is 7.87. The molecule has 0 aliphatic heterocycles. The largest absolute Gasteiger partial charge is 0.416 e. The molecular weight excluding hydrogens is 191 g/mol. The monoisotopic (exact) mass is 201 g/mol. The zero-order valence-corrected chi connectivity index (χ0v) is 7.87. The Morgan fingerprint density at radius 3 is 2.29 bits per heavy atom. The van der Waals surface area contributed by atoms with E-state index in [2.05, 4.69) is 0 Å². The predicted octanol–water partition coefficient (Wildman–Crippen LogP) is 3.40. The van der Waals surface area contributed by atoms with E-state index in [1.807, 2.05) is 0 Å². The molecule has 14 heavy (non-hydrogen) atoms. The highest BCUT2D eigenvalue weighted by Gasteiger charge is 2.32. The first-order chi connectivity index (χ1) is 6.34. The maximum atomic E-state index is 12.4. The van der Waals surface area contributed by atoms with E-state index in [4.69, 9.17) is 5.41 Å². The summed E-state index contributed by atoms with van der Waals surface area (Å²) >= 11 is 0. The average Bonchev–Trinajstić information content (AvgIpc) is 2.01. The summed E-state index contributed by atoms with van der Waals surface area (Å²) < 4.78 is 37.3. The van der Waals surface area contributed by atoms with Gasteiger partial charge in [0.1, 0.15) is 0 Å². The van der Waals surface area contributed by atoms with Crippen molar-refractivity contribution in [1.29, 1.82) is 5.41 Å². The molecule has 0 amide bonds. The molecule has 0 spiro atoms. The molecule has 0 heterocycles. The van der Waals surface area contributed by atoms with Crippen molar-refractivity contribution in [2.75, 3.05) is 0 Å². The second-order valence-corrected chi connectivity index (χ2v) is 3.10. The van der Waals surface area contributed by atoms with Crippen molar-refractivity contribution in [3.05, 3.63) is 34.9 Å². The van der Waals surface area contributed by atoms with E-state index in [9.17, 15) is 13.2 Å². The van der Waals surface area contributed by atoms with Gasteiger partial charge in [-0.1, -0.05) is 12.1 Å². The molecule has 0 bridgehead atoms. The summed E-state index contributed by atoms with van der Waals surface area (Å²) in [6, 6.07) is 3.87. The summed E-state index contributed by atoms with van der Waals surface area (Å²) in [6.07, 6.45) is -4.34. The molecular formula is C10H10F3N. The first-order valence-corrected chi connectivity index (χ1v) is 4.06. The molecule has 1 aromatic carbocycles. The van der Waals surface area contributed by atoms with Crippen molar-refractivity contribution >= 4 is 5.71 Å². The summed E-state index contributed by atoms with van der Waals surface area (Å²) in [5.74, 6) is 0. The van der Waals surface area contributed by atoms with Crippen molar-refractivity contribution < 1.29 is 13.2 Å². The topological polar surface area (TPSA) is 23.9 Å². The van der Waals surface area contributed by atoms with E-state index < -0.39 is 11.7 Å². The van der Waals surface area contributed by atoms with E-state index in [-0.39, 0.29) is 11.3 Å². The van der Waals surface area contributed by atoms with Crippen molar-refractivity contribution in [3.8, 4) is 0 Å². The second-order valence-electron chi connectivity index (χ2n) is 3.10. The lowest BCUT2D eigenvalue weighted by Crippen LogP contribution is -2.10. The Bertz CT molecular complexity index is 366. The van der Waals surface area contributed by atoms with Crippen LogP contribution < -0.4 is 0 Å². The van der Waals surface area contributed by atoms with Crippen molar-refractivity contribution in [3.63, 3.8) is 0 Å². The van der Waals surface area contributed by atoms with Crippen LogP contribution in [0, 0.1) is 12.3 Å². The highest BCUT2D eigenvalue weighted by molar-refractivity contribution is 5.97. The fraction of sp³-hybridized carbons (Fsp3) is 0.300. The lowest BCUT2D eigenvalue weighted by atomic mass is 9.99. The maximum absolute atomic E-state index is 12.4. The molecule has 0 saturated heterocycles. The maximum Gasteiger partial charge on any atom is 0.416 e. The lowest BCUT2D eigenvalue weighted by molar-refractivity contribution is -0.138. The van der Waals surface area contributed by atoms with Gasteiger partial charge in [-0.3, -0.25) is 0 Å². The van der Waals surface area contributed by atoms with Gasteiger partial charge in [0.15, 0.2) is 0 Å². The third-order valence-corrected chi connectivity index (χ3v) is 2.04. The molecule has 1 N–H and O–H groups in total. The van der Waals surface area contributed by atoms with Gasteiger partial charge in [0.25, 0.3) is 0 Å². The molecule has 0 saturated carbocycles. The number of benzene rings is 1. The number of rotatable bonds is 1. The fourth-order valence-electron chi connectivity index (χ4n) is 1.35. The van der Waals surface area contributed by atoms with Crippen LogP contribution in [0.2, 0.25) is 0 Å². The van der Waals surface area contributed by atoms with Gasteiger partial charge in [-0.25, -0.2) is 0 Å². The SMILES string of the molecule is CC(=N)c1cccc(C(F)(F)F)c1C. The third kappa shape index (κ3) is 1.95. The molecule has 0 aliphatic rings. The summed E-state index contributed by atoms with van der Waals surface area (Å²) in [7, 11) is 0. The second kappa shape index (κ2) is 3.44. The predicted molar refractivity (Wildman–Crippen MR) is 48.7 cm³/mol. The number of nitrogens with one attached hydrogen (secondary N) is 1. The van der Waals surface area contributed by atoms with Crippen LogP contribution in [0.25, 0.3) is 0 Å². The fourth-order valence-corrected chi connectivity index (χ4v) is 1.35. The third-order valence-electron chi connectivity index (χ3n) is 2.04. The molecule has 76 valence electrons. The summed E-state index contributed by atoms with van der Waals surface area (Å²) in [5.41, 5.74) is -0.0532. The van der Waals surface area contributed by atoms with Gasteiger partial charge in [-0.05, 0) is 31.0 Å². The minimum absolute atomic E-state index is 0.118. The van der Waals surface area contributed by atoms with Gasteiger partial charge in [-0.2, -0.15) is 13.2 Å². The smallest absolute Gasteiger partial charge is 0.305 e. The first kappa shape index (κ1) is 10.8. The number of alkyl halides is 3. The first-order valence-electron chi connectivity index (χ1n) is 4.06. The average molecular weight is 201 g/mol. The van der Waals surface area contributed by atoms with Gasteiger partial charge >= 0.3 is 6.18 Å². The molecule has 0 fully saturated rings. The quantitative estimate of drug-likeness (QED) is 0.673. The van der Waals surface area contributed by atoms with E-state index in [0.717, 1.165) is 6.07 Å². The van der Waals surface area contributed by atoms with Crippen molar-refractivity contribution in [1.82, 2.24) is 0 Å². The minimum atomic E-state index is -4.34. The van der Waals surface area contributed by atoms with Gasteiger partial charge in [-0.15, -0.1) is 0 Å². The van der Waals surface area contributed by atoms with Gasteiger partial charge in [0, 0.05) is 5.71 Å². The number of hydrogen-bond donors (Lipinski definition) is 1. The molecule has 4 heteroatoms. The summed E-state index contributed by atoms with van der Waals surface area (Å²) in [6.45, 7) is 2.86. The van der Waals surface area contributed by atoms with Gasteiger partial charge < -0.3 is 5.41 Å². The Balaban J connectivity index is 3.35. The van der Waals surface area contributed by atoms with Crippen molar-refractivity contribution in [2.45, 2.75) is 20.0 Å². The van der Waals surface area contributed by atoms with Crippen LogP contribution in [0.5, 0.6) is 0 Å². The van der Waals surface area contributed by atoms with E-state index in [1.54, 1.807) is 0 Å². The molecule has 0 unspecified atom stereocenters. The Morgan fingerprint density at radius 2 is 1.86 bits per heavy atom. The summed E-state index contributed by atoms with van der Waals surface area (Å²) in [4.78, 5) is 0. The Hall–Kier alpha value is -1.32.